The van der Waals surface area contributed by atoms with E-state index in [1.165, 1.54) is 0 Å². The molecular formula is C15H14N6. The van der Waals surface area contributed by atoms with E-state index < -0.39 is 0 Å². The summed E-state index contributed by atoms with van der Waals surface area (Å²) in [7, 11) is 1.92. The first-order chi connectivity index (χ1) is 10.2. The summed E-state index contributed by atoms with van der Waals surface area (Å²) in [5, 5.41) is 5.26. The summed E-state index contributed by atoms with van der Waals surface area (Å²) in [6.07, 6.45) is 3.55. The fourth-order valence-electron chi connectivity index (χ4n) is 2.66. The number of anilines is 1. The van der Waals surface area contributed by atoms with Crippen LogP contribution in [0.3, 0.4) is 0 Å². The van der Waals surface area contributed by atoms with Crippen LogP contribution in [0.25, 0.3) is 21.9 Å². The Morgan fingerprint density at radius 1 is 1.14 bits per heavy atom. The molecule has 0 spiro atoms. The molecule has 4 rings (SSSR count). The van der Waals surface area contributed by atoms with Crippen molar-refractivity contribution in [2.75, 3.05) is 5.73 Å². The normalized spacial score (nSPS) is 11.5. The Morgan fingerprint density at radius 2 is 2.00 bits per heavy atom. The topological polar surface area (TPSA) is 74.5 Å². The molecule has 0 saturated heterocycles. The van der Waals surface area contributed by atoms with Crippen LogP contribution in [-0.4, -0.2) is 24.3 Å². The van der Waals surface area contributed by atoms with Crippen molar-refractivity contribution in [2.45, 2.75) is 6.54 Å². The van der Waals surface area contributed by atoms with Gasteiger partial charge in [0, 0.05) is 18.6 Å². The van der Waals surface area contributed by atoms with Gasteiger partial charge in [0.05, 0.1) is 29.5 Å². The Kier molecular flexibility index (Phi) is 2.44. The Balaban J connectivity index is 2.01. The molecule has 6 heteroatoms. The number of fused-ring (bicyclic) bond motifs is 3. The maximum absolute atomic E-state index is 6.11. The van der Waals surface area contributed by atoms with Gasteiger partial charge in [0.15, 0.2) is 0 Å². The molecule has 0 aliphatic heterocycles. The second-order valence-electron chi connectivity index (χ2n) is 5.01. The first-order valence-corrected chi connectivity index (χ1v) is 6.70. The number of hydrogen-bond acceptors (Lipinski definition) is 4. The lowest BCUT2D eigenvalue weighted by molar-refractivity contribution is 0.679. The van der Waals surface area contributed by atoms with Crippen LogP contribution in [0.15, 0.2) is 42.7 Å². The number of aryl methyl sites for hydroxylation is 1. The standard InChI is InChI=1S/C15H14N6/c1-20-10(6-7-18-20)9-21-14-11-4-2-3-5-12(11)17-8-13(14)19-15(21)16/h2-8H,9H2,1H3,(H2,16,19). The largest absolute Gasteiger partial charge is 0.369 e. The molecule has 4 aromatic rings. The van der Waals surface area contributed by atoms with E-state index in [2.05, 4.69) is 15.1 Å². The minimum atomic E-state index is 0.490. The Bertz CT molecular complexity index is 949. The monoisotopic (exact) mass is 278 g/mol. The second-order valence-corrected chi connectivity index (χ2v) is 5.01. The number of aromatic nitrogens is 5. The van der Waals surface area contributed by atoms with E-state index in [0.717, 1.165) is 27.6 Å². The van der Waals surface area contributed by atoms with Crippen molar-refractivity contribution in [2.24, 2.45) is 7.05 Å². The van der Waals surface area contributed by atoms with Crippen molar-refractivity contribution in [1.29, 1.82) is 0 Å². The molecule has 0 radical (unpaired) electrons. The summed E-state index contributed by atoms with van der Waals surface area (Å²) in [6, 6.07) is 10.00. The summed E-state index contributed by atoms with van der Waals surface area (Å²) in [6.45, 7) is 0.632. The maximum Gasteiger partial charge on any atom is 0.201 e. The number of nitrogen functional groups attached to an aromatic ring is 1. The van der Waals surface area contributed by atoms with Gasteiger partial charge in [0.1, 0.15) is 5.52 Å². The second kappa shape index (κ2) is 4.31. The third-order valence-electron chi connectivity index (χ3n) is 3.75. The molecule has 0 saturated carbocycles. The highest BCUT2D eigenvalue weighted by atomic mass is 15.3. The smallest absolute Gasteiger partial charge is 0.201 e. The zero-order valence-electron chi connectivity index (χ0n) is 11.6. The van der Waals surface area contributed by atoms with Crippen LogP contribution < -0.4 is 5.73 Å². The number of pyridine rings is 1. The van der Waals surface area contributed by atoms with Crippen LogP contribution in [0.1, 0.15) is 5.69 Å². The van der Waals surface area contributed by atoms with Crippen LogP contribution in [0.2, 0.25) is 0 Å². The van der Waals surface area contributed by atoms with Gasteiger partial charge in [0.2, 0.25) is 5.95 Å². The van der Waals surface area contributed by atoms with Gasteiger partial charge >= 0.3 is 0 Å². The average molecular weight is 278 g/mol. The number of rotatable bonds is 2. The van der Waals surface area contributed by atoms with E-state index in [4.69, 9.17) is 5.73 Å². The van der Waals surface area contributed by atoms with E-state index in [0.29, 0.717) is 12.5 Å². The van der Waals surface area contributed by atoms with E-state index >= 15 is 0 Å². The first-order valence-electron chi connectivity index (χ1n) is 6.70. The minimum Gasteiger partial charge on any atom is -0.369 e. The van der Waals surface area contributed by atoms with E-state index in [-0.39, 0.29) is 0 Å². The Hall–Kier alpha value is -2.89. The number of para-hydroxylation sites is 1. The predicted molar refractivity (Wildman–Crippen MR) is 81.8 cm³/mol. The minimum absolute atomic E-state index is 0.490. The maximum atomic E-state index is 6.11. The van der Waals surface area contributed by atoms with Crippen molar-refractivity contribution in [3.05, 3.63) is 48.4 Å². The van der Waals surface area contributed by atoms with E-state index in [9.17, 15) is 0 Å². The van der Waals surface area contributed by atoms with Crippen molar-refractivity contribution in [3.8, 4) is 0 Å². The molecule has 0 amide bonds. The SMILES string of the molecule is Cn1nccc1Cn1c(N)nc2cnc3ccccc3c21. The molecule has 21 heavy (non-hydrogen) atoms. The highest BCUT2D eigenvalue weighted by Crippen LogP contribution is 2.26. The molecule has 0 fully saturated rings. The number of imidazole rings is 1. The zero-order valence-corrected chi connectivity index (χ0v) is 11.6. The summed E-state index contributed by atoms with van der Waals surface area (Å²) < 4.78 is 3.85. The Labute approximate surface area is 120 Å². The molecule has 0 bridgehead atoms. The molecule has 3 aromatic heterocycles. The van der Waals surface area contributed by atoms with Gasteiger partial charge in [-0.2, -0.15) is 5.10 Å². The summed E-state index contributed by atoms with van der Waals surface area (Å²) in [5.74, 6) is 0.490. The van der Waals surface area contributed by atoms with Crippen molar-refractivity contribution >= 4 is 27.9 Å². The van der Waals surface area contributed by atoms with Crippen molar-refractivity contribution in [1.82, 2.24) is 24.3 Å². The highest BCUT2D eigenvalue weighted by Gasteiger charge is 2.13. The molecule has 0 aliphatic rings. The van der Waals surface area contributed by atoms with Gasteiger partial charge in [-0.3, -0.25) is 9.67 Å². The molecule has 0 atom stereocenters. The van der Waals surface area contributed by atoms with Gasteiger partial charge in [-0.15, -0.1) is 0 Å². The molecular weight excluding hydrogens is 264 g/mol. The van der Waals surface area contributed by atoms with Gasteiger partial charge in [-0.1, -0.05) is 18.2 Å². The van der Waals surface area contributed by atoms with Crippen LogP contribution in [0.5, 0.6) is 0 Å². The van der Waals surface area contributed by atoms with E-state index in [1.807, 2.05) is 46.6 Å². The quantitative estimate of drug-likeness (QED) is 0.608. The first kappa shape index (κ1) is 11.9. The lowest BCUT2D eigenvalue weighted by atomic mass is 10.2. The predicted octanol–water partition coefficient (Wildman–Crippen LogP) is 1.95. The van der Waals surface area contributed by atoms with Crippen molar-refractivity contribution < 1.29 is 0 Å². The lowest BCUT2D eigenvalue weighted by Crippen LogP contribution is -2.08. The molecule has 1 aromatic carbocycles. The molecule has 0 unspecified atom stereocenters. The molecule has 104 valence electrons. The number of nitrogens with two attached hydrogens (primary N) is 1. The fraction of sp³-hybridized carbons (Fsp3) is 0.133. The van der Waals surface area contributed by atoms with Gasteiger partial charge in [-0.25, -0.2) is 4.98 Å². The van der Waals surface area contributed by atoms with E-state index in [1.54, 1.807) is 12.4 Å². The van der Waals surface area contributed by atoms with Crippen LogP contribution in [0, 0.1) is 0 Å². The zero-order chi connectivity index (χ0) is 14.4. The summed E-state index contributed by atoms with van der Waals surface area (Å²) in [5.41, 5.74) is 9.94. The fourth-order valence-corrected chi connectivity index (χ4v) is 2.66. The Morgan fingerprint density at radius 3 is 2.81 bits per heavy atom. The lowest BCUT2D eigenvalue weighted by Gasteiger charge is -2.08. The molecule has 2 N–H and O–H groups in total. The molecule has 6 nitrogen and oxygen atoms in total. The number of nitrogens with zero attached hydrogens (tertiary/aromatic N) is 5. The van der Waals surface area contributed by atoms with Gasteiger partial charge < -0.3 is 10.3 Å². The third-order valence-corrected chi connectivity index (χ3v) is 3.75. The third kappa shape index (κ3) is 1.76. The summed E-state index contributed by atoms with van der Waals surface area (Å²) in [4.78, 5) is 8.85. The van der Waals surface area contributed by atoms with Gasteiger partial charge in [-0.05, 0) is 12.1 Å². The highest BCUT2D eigenvalue weighted by molar-refractivity contribution is 6.02. The number of hydrogen-bond donors (Lipinski definition) is 1. The van der Waals surface area contributed by atoms with Crippen LogP contribution in [-0.2, 0) is 13.6 Å². The summed E-state index contributed by atoms with van der Waals surface area (Å²) >= 11 is 0. The average Bonchev–Trinajstić information content (AvgIpc) is 3.04. The molecule has 3 heterocycles. The number of benzene rings is 1. The van der Waals surface area contributed by atoms with Crippen LogP contribution >= 0.6 is 0 Å². The van der Waals surface area contributed by atoms with Crippen LogP contribution in [0.4, 0.5) is 5.95 Å². The van der Waals surface area contributed by atoms with Gasteiger partial charge in [0.25, 0.3) is 0 Å². The van der Waals surface area contributed by atoms with Crippen molar-refractivity contribution in [3.63, 3.8) is 0 Å². The molecule has 0 aliphatic carbocycles.